The molecule has 0 aliphatic heterocycles. The number of benzene rings is 2. The van der Waals surface area contributed by atoms with Gasteiger partial charge in [-0.15, -0.1) is 0 Å². The van der Waals surface area contributed by atoms with Gasteiger partial charge >= 0.3 is 6.03 Å². The van der Waals surface area contributed by atoms with Crippen LogP contribution >= 0.6 is 23.5 Å². The molecule has 0 saturated heterocycles. The highest BCUT2D eigenvalue weighted by Gasteiger charge is 2.25. The Kier molecular flexibility index (Phi) is 5.02. The Morgan fingerprint density at radius 3 is 2.33 bits per heavy atom. The van der Waals surface area contributed by atoms with Gasteiger partial charge in [-0.3, -0.25) is 9.52 Å². The van der Waals surface area contributed by atoms with Crippen LogP contribution in [0.3, 0.4) is 0 Å². The summed E-state index contributed by atoms with van der Waals surface area (Å²) in [6, 6.07) is 7.03. The number of aryl methyl sites for hydroxylation is 2. The molecule has 2 aromatic carbocycles. The summed E-state index contributed by atoms with van der Waals surface area (Å²) in [6.45, 7) is 0. The van der Waals surface area contributed by atoms with Gasteiger partial charge in [0.15, 0.2) is 0 Å². The normalized spacial score (nSPS) is 14.6. The monoisotopic (exact) mass is 401 g/mol. The predicted molar refractivity (Wildman–Crippen MR) is 108 cm³/mol. The Hall–Kier alpha value is -2.18. The summed E-state index contributed by atoms with van der Waals surface area (Å²) < 4.78 is 2.75. The second-order valence-electron chi connectivity index (χ2n) is 6.87. The zero-order valence-corrected chi connectivity index (χ0v) is 16.3. The summed E-state index contributed by atoms with van der Waals surface area (Å²) in [6.07, 6.45) is 6.44. The SMILES string of the molecule is NC(=O)c1c(Cl)cccc1SNC(=O)Nc1c2c(cc3c1CCC3)CCC2. The van der Waals surface area contributed by atoms with Crippen LogP contribution in [0.15, 0.2) is 29.2 Å². The standard InChI is InChI=1S/C20H20ClN3O2S/c21-15-8-3-9-16(17(15)19(22)25)27-24-20(26)23-18-13-6-1-4-11(13)10-12-5-2-7-14(12)18/h3,8-10H,1-2,4-7H2,(H2,22,25)(H2,23,24,26). The fourth-order valence-corrected chi connectivity index (χ4v) is 5.07. The lowest BCUT2D eigenvalue weighted by molar-refractivity contribution is 0.0997. The number of nitrogens with one attached hydrogen (secondary N) is 2. The summed E-state index contributed by atoms with van der Waals surface area (Å²) in [7, 11) is 0. The van der Waals surface area contributed by atoms with Gasteiger partial charge in [0.2, 0.25) is 0 Å². The van der Waals surface area contributed by atoms with E-state index in [4.69, 9.17) is 17.3 Å². The van der Waals surface area contributed by atoms with Crippen molar-refractivity contribution in [1.29, 1.82) is 0 Å². The first-order chi connectivity index (χ1) is 13.0. The number of rotatable bonds is 4. The number of urea groups is 1. The van der Waals surface area contributed by atoms with Crippen molar-refractivity contribution in [2.24, 2.45) is 5.73 Å². The molecular formula is C20H20ClN3O2S. The van der Waals surface area contributed by atoms with Gasteiger partial charge in [0.25, 0.3) is 5.91 Å². The first-order valence-corrected chi connectivity index (χ1v) is 10.2. The molecule has 0 heterocycles. The topological polar surface area (TPSA) is 84.2 Å². The molecule has 7 heteroatoms. The number of hydrogen-bond acceptors (Lipinski definition) is 3. The van der Waals surface area contributed by atoms with Crippen molar-refractivity contribution in [3.8, 4) is 0 Å². The second kappa shape index (κ2) is 7.44. The number of carbonyl (C=O) groups is 2. The maximum atomic E-state index is 12.6. The molecule has 0 fully saturated rings. The Morgan fingerprint density at radius 2 is 1.70 bits per heavy atom. The van der Waals surface area contributed by atoms with Gasteiger partial charge in [-0.2, -0.15) is 0 Å². The van der Waals surface area contributed by atoms with Gasteiger partial charge in [0.05, 0.1) is 10.6 Å². The molecule has 0 atom stereocenters. The van der Waals surface area contributed by atoms with E-state index >= 15 is 0 Å². The number of carbonyl (C=O) groups excluding carboxylic acids is 2. The van der Waals surface area contributed by atoms with Crippen LogP contribution in [0.25, 0.3) is 0 Å². The average Bonchev–Trinajstić information content (AvgIpc) is 3.28. The Morgan fingerprint density at radius 1 is 1.04 bits per heavy atom. The minimum absolute atomic E-state index is 0.214. The molecule has 2 aliphatic carbocycles. The number of fused-ring (bicyclic) bond motifs is 2. The minimum Gasteiger partial charge on any atom is -0.366 e. The van der Waals surface area contributed by atoms with Crippen molar-refractivity contribution in [3.05, 3.63) is 57.1 Å². The van der Waals surface area contributed by atoms with Crippen LogP contribution in [0.4, 0.5) is 10.5 Å². The van der Waals surface area contributed by atoms with Crippen LogP contribution in [0.2, 0.25) is 5.02 Å². The minimum atomic E-state index is -0.621. The number of hydrogen-bond donors (Lipinski definition) is 3. The predicted octanol–water partition coefficient (Wildman–Crippen LogP) is 4.25. The highest BCUT2D eigenvalue weighted by Crippen LogP contribution is 2.38. The third kappa shape index (κ3) is 3.51. The first-order valence-electron chi connectivity index (χ1n) is 9.03. The maximum Gasteiger partial charge on any atom is 0.329 e. The van der Waals surface area contributed by atoms with Crippen LogP contribution in [0, 0.1) is 0 Å². The van der Waals surface area contributed by atoms with E-state index in [9.17, 15) is 9.59 Å². The van der Waals surface area contributed by atoms with Gasteiger partial charge in [0.1, 0.15) is 0 Å². The van der Waals surface area contributed by atoms with E-state index in [-0.39, 0.29) is 16.6 Å². The molecule has 0 bridgehead atoms. The fourth-order valence-electron chi connectivity index (χ4n) is 4.04. The zero-order chi connectivity index (χ0) is 19.0. The number of halogens is 1. The van der Waals surface area contributed by atoms with Gasteiger partial charge in [-0.05, 0) is 84.9 Å². The van der Waals surface area contributed by atoms with Gasteiger partial charge in [-0.25, -0.2) is 4.79 Å². The molecule has 0 saturated carbocycles. The molecule has 4 N–H and O–H groups in total. The summed E-state index contributed by atoms with van der Waals surface area (Å²) in [4.78, 5) is 24.7. The van der Waals surface area contributed by atoms with E-state index < -0.39 is 5.91 Å². The number of amides is 3. The fraction of sp³-hybridized carbons (Fsp3) is 0.300. The Bertz CT molecular complexity index is 913. The number of primary amides is 1. The van der Waals surface area contributed by atoms with E-state index in [1.807, 2.05) is 0 Å². The molecule has 27 heavy (non-hydrogen) atoms. The number of anilines is 1. The summed E-state index contributed by atoms with van der Waals surface area (Å²) in [5.74, 6) is -0.621. The molecule has 0 unspecified atom stereocenters. The van der Waals surface area contributed by atoms with Crippen molar-refractivity contribution in [3.63, 3.8) is 0 Å². The molecular weight excluding hydrogens is 382 g/mol. The number of nitrogens with two attached hydrogens (primary N) is 1. The van der Waals surface area contributed by atoms with E-state index in [2.05, 4.69) is 16.1 Å². The quantitative estimate of drug-likeness (QED) is 0.669. The van der Waals surface area contributed by atoms with Crippen molar-refractivity contribution in [2.75, 3.05) is 5.32 Å². The third-order valence-electron chi connectivity index (χ3n) is 5.19. The van der Waals surface area contributed by atoms with Crippen LogP contribution in [0.1, 0.15) is 45.5 Å². The van der Waals surface area contributed by atoms with Crippen LogP contribution < -0.4 is 15.8 Å². The third-order valence-corrected chi connectivity index (χ3v) is 6.35. The van der Waals surface area contributed by atoms with Crippen LogP contribution in [-0.2, 0) is 25.7 Å². The van der Waals surface area contributed by atoms with Crippen molar-refractivity contribution < 1.29 is 9.59 Å². The largest absolute Gasteiger partial charge is 0.366 e. The molecule has 2 aliphatic rings. The Labute approximate surface area is 167 Å². The first kappa shape index (κ1) is 18.2. The van der Waals surface area contributed by atoms with Crippen LogP contribution in [0.5, 0.6) is 0 Å². The molecule has 3 amide bonds. The average molecular weight is 402 g/mol. The van der Waals surface area contributed by atoms with Gasteiger partial charge in [-0.1, -0.05) is 23.7 Å². The lowest BCUT2D eigenvalue weighted by Crippen LogP contribution is -2.25. The summed E-state index contributed by atoms with van der Waals surface area (Å²) in [5, 5.41) is 3.33. The maximum absolute atomic E-state index is 12.6. The van der Waals surface area contributed by atoms with Crippen LogP contribution in [-0.4, -0.2) is 11.9 Å². The lowest BCUT2D eigenvalue weighted by Gasteiger charge is -2.16. The van der Waals surface area contributed by atoms with E-state index in [0.29, 0.717) is 4.90 Å². The summed E-state index contributed by atoms with van der Waals surface area (Å²) >= 11 is 7.09. The molecule has 0 aromatic heterocycles. The Balaban J connectivity index is 1.52. The zero-order valence-electron chi connectivity index (χ0n) is 14.7. The highest BCUT2D eigenvalue weighted by atomic mass is 35.5. The second-order valence-corrected chi connectivity index (χ2v) is 8.12. The van der Waals surface area contributed by atoms with E-state index in [1.165, 1.54) is 22.3 Å². The van der Waals surface area contributed by atoms with Crippen molar-refractivity contribution in [2.45, 2.75) is 43.4 Å². The summed E-state index contributed by atoms with van der Waals surface area (Å²) in [5.41, 5.74) is 11.9. The smallest absolute Gasteiger partial charge is 0.329 e. The molecule has 4 rings (SSSR count). The van der Waals surface area contributed by atoms with E-state index in [0.717, 1.165) is 56.2 Å². The molecule has 5 nitrogen and oxygen atoms in total. The molecule has 140 valence electrons. The molecule has 0 spiro atoms. The van der Waals surface area contributed by atoms with Crippen molar-refractivity contribution >= 4 is 41.2 Å². The molecule has 0 radical (unpaired) electrons. The molecule has 2 aromatic rings. The lowest BCUT2D eigenvalue weighted by atomic mass is 9.99. The highest BCUT2D eigenvalue weighted by molar-refractivity contribution is 7.98. The van der Waals surface area contributed by atoms with Gasteiger partial charge in [0, 0.05) is 10.6 Å². The van der Waals surface area contributed by atoms with Gasteiger partial charge < -0.3 is 11.1 Å². The van der Waals surface area contributed by atoms with Crippen molar-refractivity contribution in [1.82, 2.24) is 4.72 Å². The van der Waals surface area contributed by atoms with E-state index in [1.54, 1.807) is 18.2 Å².